The topological polar surface area (TPSA) is 80.9 Å². The zero-order valence-corrected chi connectivity index (χ0v) is 12.6. The van der Waals surface area contributed by atoms with Crippen molar-refractivity contribution < 1.29 is 4.79 Å². The maximum atomic E-state index is 12.3. The number of rotatable bonds is 2. The molecule has 0 aliphatic carbocycles. The number of amides is 1. The minimum atomic E-state index is -0.237. The van der Waals surface area contributed by atoms with Gasteiger partial charge in [0.25, 0.3) is 5.91 Å². The summed E-state index contributed by atoms with van der Waals surface area (Å²) in [4.78, 5) is 22.0. The van der Waals surface area contributed by atoms with Crippen molar-refractivity contribution in [2.45, 2.75) is 13.8 Å². The molecule has 3 heterocycles. The minimum Gasteiger partial charge on any atom is -0.397 e. The number of thiazole rings is 1. The minimum absolute atomic E-state index is 0.237. The van der Waals surface area contributed by atoms with Gasteiger partial charge in [-0.05, 0) is 25.5 Å². The van der Waals surface area contributed by atoms with Gasteiger partial charge in [-0.15, -0.1) is 22.7 Å². The van der Waals surface area contributed by atoms with Crippen LogP contribution in [0.3, 0.4) is 0 Å². The number of carbonyl (C=O) groups is 1. The van der Waals surface area contributed by atoms with E-state index in [0.717, 1.165) is 21.5 Å². The summed E-state index contributed by atoms with van der Waals surface area (Å²) in [5.41, 5.74) is 8.48. The van der Waals surface area contributed by atoms with Gasteiger partial charge in [-0.2, -0.15) is 0 Å². The summed E-state index contributed by atoms with van der Waals surface area (Å²) in [5.74, 6) is -0.237. The van der Waals surface area contributed by atoms with Crippen LogP contribution in [0.25, 0.3) is 10.2 Å². The number of nitrogens with zero attached hydrogens (tertiary/aromatic N) is 2. The molecule has 0 saturated heterocycles. The lowest BCUT2D eigenvalue weighted by molar-refractivity contribution is 0.103. The van der Waals surface area contributed by atoms with Crippen LogP contribution < -0.4 is 11.1 Å². The van der Waals surface area contributed by atoms with Crippen molar-refractivity contribution in [2.75, 3.05) is 11.1 Å². The number of nitrogens with two attached hydrogens (primary N) is 1. The third-order valence-electron chi connectivity index (χ3n) is 2.88. The molecular weight excluding hydrogens is 292 g/mol. The van der Waals surface area contributed by atoms with Crippen LogP contribution in [0.5, 0.6) is 0 Å². The van der Waals surface area contributed by atoms with Crippen molar-refractivity contribution in [3.8, 4) is 0 Å². The van der Waals surface area contributed by atoms with Gasteiger partial charge in [0.1, 0.15) is 9.71 Å². The van der Waals surface area contributed by atoms with E-state index in [9.17, 15) is 4.79 Å². The van der Waals surface area contributed by atoms with E-state index in [-0.39, 0.29) is 5.91 Å². The lowest BCUT2D eigenvalue weighted by atomic mass is 10.2. The Morgan fingerprint density at radius 3 is 2.85 bits per heavy atom. The van der Waals surface area contributed by atoms with Gasteiger partial charge in [-0.25, -0.2) is 9.97 Å². The van der Waals surface area contributed by atoms with E-state index < -0.39 is 0 Å². The predicted molar refractivity (Wildman–Crippen MR) is 83.6 cm³/mol. The molecule has 102 valence electrons. The molecule has 0 aliphatic rings. The summed E-state index contributed by atoms with van der Waals surface area (Å²) in [6, 6.07) is 1.89. The van der Waals surface area contributed by atoms with Gasteiger partial charge in [0.15, 0.2) is 5.13 Å². The SMILES string of the molecule is Cc1csc(NC(=O)c2sc3nccc(C)c3c2N)n1. The third kappa shape index (κ3) is 2.14. The van der Waals surface area contributed by atoms with Crippen LogP contribution >= 0.6 is 22.7 Å². The zero-order chi connectivity index (χ0) is 14.3. The molecule has 3 aromatic rings. The number of carbonyl (C=O) groups excluding carboxylic acids is 1. The van der Waals surface area contributed by atoms with E-state index in [1.54, 1.807) is 6.20 Å². The summed E-state index contributed by atoms with van der Waals surface area (Å²) in [6.07, 6.45) is 1.72. The highest BCUT2D eigenvalue weighted by Crippen LogP contribution is 2.34. The highest BCUT2D eigenvalue weighted by Gasteiger charge is 2.19. The Bertz CT molecular complexity index is 806. The molecule has 1 amide bonds. The number of hydrogen-bond acceptors (Lipinski definition) is 6. The van der Waals surface area contributed by atoms with Crippen LogP contribution in [0.4, 0.5) is 10.8 Å². The fraction of sp³-hybridized carbons (Fsp3) is 0.154. The van der Waals surface area contributed by atoms with E-state index in [1.807, 2.05) is 25.3 Å². The molecule has 0 unspecified atom stereocenters. The van der Waals surface area contributed by atoms with Gasteiger partial charge >= 0.3 is 0 Å². The largest absolute Gasteiger partial charge is 0.397 e. The number of thiophene rings is 1. The smallest absolute Gasteiger partial charge is 0.269 e. The van der Waals surface area contributed by atoms with Crippen molar-refractivity contribution in [1.29, 1.82) is 0 Å². The second-order valence-corrected chi connectivity index (χ2v) is 6.26. The fourth-order valence-electron chi connectivity index (χ4n) is 1.94. The number of aryl methyl sites for hydroxylation is 2. The molecular formula is C13H12N4OS2. The second kappa shape index (κ2) is 4.84. The first kappa shape index (κ1) is 13.0. The number of nitrogen functional groups attached to an aromatic ring is 1. The molecule has 7 heteroatoms. The maximum absolute atomic E-state index is 12.3. The van der Waals surface area contributed by atoms with E-state index in [1.165, 1.54) is 22.7 Å². The number of pyridine rings is 1. The Balaban J connectivity index is 1.99. The molecule has 3 rings (SSSR count). The molecule has 0 radical (unpaired) electrons. The van der Waals surface area contributed by atoms with Gasteiger partial charge in [0.05, 0.1) is 11.4 Å². The zero-order valence-electron chi connectivity index (χ0n) is 10.9. The average molecular weight is 304 g/mol. The molecule has 0 fully saturated rings. The van der Waals surface area contributed by atoms with Crippen LogP contribution in [0, 0.1) is 13.8 Å². The highest BCUT2D eigenvalue weighted by atomic mass is 32.1. The number of fused-ring (bicyclic) bond motifs is 1. The molecule has 0 aliphatic heterocycles. The molecule has 0 atom stereocenters. The highest BCUT2D eigenvalue weighted by molar-refractivity contribution is 7.21. The molecule has 0 saturated carbocycles. The normalized spacial score (nSPS) is 10.9. The standard InChI is InChI=1S/C13H12N4OS2/c1-6-3-4-15-12-8(6)9(14)10(20-12)11(18)17-13-16-7(2)5-19-13/h3-5H,14H2,1-2H3,(H,16,17,18). The van der Waals surface area contributed by atoms with Gasteiger partial charge in [0.2, 0.25) is 0 Å². The van der Waals surface area contributed by atoms with Crippen LogP contribution in [-0.4, -0.2) is 15.9 Å². The van der Waals surface area contributed by atoms with Crippen LogP contribution in [0.15, 0.2) is 17.6 Å². The molecule has 3 aromatic heterocycles. The summed E-state index contributed by atoms with van der Waals surface area (Å²) < 4.78 is 0. The number of anilines is 2. The van der Waals surface area contributed by atoms with E-state index in [4.69, 9.17) is 5.73 Å². The van der Waals surface area contributed by atoms with Crippen molar-refractivity contribution in [1.82, 2.24) is 9.97 Å². The molecule has 0 bridgehead atoms. The van der Waals surface area contributed by atoms with Gasteiger partial charge in [0, 0.05) is 17.0 Å². The molecule has 0 aromatic carbocycles. The average Bonchev–Trinajstić information content (AvgIpc) is 2.95. The summed E-state index contributed by atoms with van der Waals surface area (Å²) in [6.45, 7) is 3.84. The van der Waals surface area contributed by atoms with Gasteiger partial charge in [-0.1, -0.05) is 0 Å². The Morgan fingerprint density at radius 2 is 2.20 bits per heavy atom. The van der Waals surface area contributed by atoms with Gasteiger partial charge < -0.3 is 5.73 Å². The van der Waals surface area contributed by atoms with Gasteiger partial charge in [-0.3, -0.25) is 10.1 Å². The summed E-state index contributed by atoms with van der Waals surface area (Å²) in [5, 5.41) is 6.09. The van der Waals surface area contributed by atoms with Crippen LogP contribution in [-0.2, 0) is 0 Å². The van der Waals surface area contributed by atoms with Crippen LogP contribution in [0.2, 0.25) is 0 Å². The first-order chi connectivity index (χ1) is 9.56. The molecule has 5 nitrogen and oxygen atoms in total. The molecule has 20 heavy (non-hydrogen) atoms. The van der Waals surface area contributed by atoms with E-state index in [2.05, 4.69) is 15.3 Å². The first-order valence-corrected chi connectivity index (χ1v) is 7.63. The Hall–Kier alpha value is -1.99. The number of nitrogens with one attached hydrogen (secondary N) is 1. The monoisotopic (exact) mass is 304 g/mol. The lowest BCUT2D eigenvalue weighted by Gasteiger charge is -2.00. The van der Waals surface area contributed by atoms with Crippen molar-refractivity contribution in [3.05, 3.63) is 33.8 Å². The van der Waals surface area contributed by atoms with Crippen molar-refractivity contribution in [3.63, 3.8) is 0 Å². The first-order valence-electron chi connectivity index (χ1n) is 5.93. The summed E-state index contributed by atoms with van der Waals surface area (Å²) >= 11 is 2.69. The maximum Gasteiger partial charge on any atom is 0.269 e. The number of hydrogen-bond donors (Lipinski definition) is 2. The molecule has 0 spiro atoms. The third-order valence-corrected chi connectivity index (χ3v) is 4.87. The van der Waals surface area contributed by atoms with Crippen molar-refractivity contribution in [2.24, 2.45) is 0 Å². The Labute approximate surface area is 123 Å². The second-order valence-electron chi connectivity index (χ2n) is 4.40. The summed E-state index contributed by atoms with van der Waals surface area (Å²) in [7, 11) is 0. The molecule has 3 N–H and O–H groups in total. The number of aromatic nitrogens is 2. The van der Waals surface area contributed by atoms with Crippen LogP contribution in [0.1, 0.15) is 20.9 Å². The Morgan fingerprint density at radius 1 is 1.40 bits per heavy atom. The Kier molecular flexibility index (Phi) is 3.15. The quantitative estimate of drug-likeness (QED) is 0.762. The predicted octanol–water partition coefficient (Wildman–Crippen LogP) is 3.20. The lowest BCUT2D eigenvalue weighted by Crippen LogP contribution is -2.11. The fourth-order valence-corrected chi connectivity index (χ4v) is 3.66. The van der Waals surface area contributed by atoms with Crippen molar-refractivity contribution >= 4 is 49.6 Å². The van der Waals surface area contributed by atoms with E-state index >= 15 is 0 Å². The van der Waals surface area contributed by atoms with E-state index in [0.29, 0.717) is 15.7 Å².